The predicted octanol–water partition coefficient (Wildman–Crippen LogP) is 3.57. The van der Waals surface area contributed by atoms with Crippen molar-refractivity contribution in [3.63, 3.8) is 0 Å². The molecule has 0 radical (unpaired) electrons. The molecule has 1 heterocycles. The van der Waals surface area contributed by atoms with E-state index < -0.39 is 10.0 Å². The van der Waals surface area contributed by atoms with Crippen molar-refractivity contribution in [1.29, 1.82) is 0 Å². The van der Waals surface area contributed by atoms with E-state index >= 15 is 0 Å². The van der Waals surface area contributed by atoms with Crippen molar-refractivity contribution >= 4 is 21.6 Å². The maximum absolute atomic E-state index is 12.7. The van der Waals surface area contributed by atoms with Gasteiger partial charge in [0, 0.05) is 30.9 Å². The summed E-state index contributed by atoms with van der Waals surface area (Å²) in [5.41, 5.74) is 2.51. The van der Waals surface area contributed by atoms with Crippen molar-refractivity contribution in [1.82, 2.24) is 10.2 Å². The minimum atomic E-state index is -3.69. The molecular weight excluding hydrogens is 398 g/mol. The van der Waals surface area contributed by atoms with Crippen LogP contribution in [0, 0.1) is 19.8 Å². The Morgan fingerprint density at radius 3 is 2.57 bits per heavy atom. The second kappa shape index (κ2) is 9.62. The van der Waals surface area contributed by atoms with Gasteiger partial charge in [-0.2, -0.15) is 0 Å². The molecule has 0 aromatic heterocycles. The lowest BCUT2D eigenvalue weighted by Crippen LogP contribution is -2.40. The van der Waals surface area contributed by atoms with Gasteiger partial charge in [0.25, 0.3) is 15.9 Å². The third kappa shape index (κ3) is 5.83. The van der Waals surface area contributed by atoms with Gasteiger partial charge >= 0.3 is 0 Å². The van der Waals surface area contributed by atoms with Gasteiger partial charge in [0.1, 0.15) is 0 Å². The SMILES string of the molecule is Cc1ccc(C)c(S(=O)(=O)Nc2ccc(C(=O)NCCN3CCC[C@H](C)C3)cc2)c1. The van der Waals surface area contributed by atoms with E-state index in [2.05, 4.69) is 21.9 Å². The first kappa shape index (κ1) is 22.3. The Balaban J connectivity index is 1.56. The van der Waals surface area contributed by atoms with Gasteiger partial charge in [-0.15, -0.1) is 0 Å². The molecule has 0 aliphatic carbocycles. The lowest BCUT2D eigenvalue weighted by molar-refractivity contribution is 0.0944. The molecule has 0 spiro atoms. The summed E-state index contributed by atoms with van der Waals surface area (Å²) in [4.78, 5) is 15.0. The fourth-order valence-corrected chi connectivity index (χ4v) is 5.21. The standard InChI is InChI=1S/C23H31N3O3S/c1-17-6-7-19(3)22(15-17)30(28,29)25-21-10-8-20(9-11-21)23(27)24-12-14-26-13-4-5-18(2)16-26/h6-11,15,18,25H,4-5,12-14,16H2,1-3H3,(H,24,27)/t18-/m0/s1. The van der Waals surface area contributed by atoms with Gasteiger partial charge in [-0.25, -0.2) is 8.42 Å². The smallest absolute Gasteiger partial charge is 0.262 e. The summed E-state index contributed by atoms with van der Waals surface area (Å²) < 4.78 is 28.0. The van der Waals surface area contributed by atoms with Crippen LogP contribution < -0.4 is 10.0 Å². The van der Waals surface area contributed by atoms with E-state index in [1.165, 1.54) is 12.8 Å². The van der Waals surface area contributed by atoms with Crippen molar-refractivity contribution in [3.05, 3.63) is 59.2 Å². The maximum Gasteiger partial charge on any atom is 0.262 e. The number of carbonyl (C=O) groups is 1. The van der Waals surface area contributed by atoms with E-state index in [1.54, 1.807) is 43.3 Å². The third-order valence-electron chi connectivity index (χ3n) is 5.49. The number of nitrogens with zero attached hydrogens (tertiary/aromatic N) is 1. The summed E-state index contributed by atoms with van der Waals surface area (Å²) in [6.45, 7) is 9.53. The van der Waals surface area contributed by atoms with Gasteiger partial charge < -0.3 is 10.2 Å². The van der Waals surface area contributed by atoms with Crippen molar-refractivity contribution < 1.29 is 13.2 Å². The fraction of sp³-hybridized carbons (Fsp3) is 0.435. The highest BCUT2D eigenvalue weighted by Crippen LogP contribution is 2.21. The van der Waals surface area contributed by atoms with Gasteiger partial charge in [0.05, 0.1) is 4.90 Å². The molecule has 162 valence electrons. The summed E-state index contributed by atoms with van der Waals surface area (Å²) in [5, 5.41) is 2.95. The number of nitrogens with one attached hydrogen (secondary N) is 2. The zero-order valence-electron chi connectivity index (χ0n) is 17.9. The average molecular weight is 430 g/mol. The van der Waals surface area contributed by atoms with Crippen LogP contribution >= 0.6 is 0 Å². The highest BCUT2D eigenvalue weighted by atomic mass is 32.2. The summed E-state index contributed by atoms with van der Waals surface area (Å²) in [5.74, 6) is 0.568. The Hall–Kier alpha value is -2.38. The molecule has 2 aromatic carbocycles. The molecule has 1 fully saturated rings. The third-order valence-corrected chi connectivity index (χ3v) is 7.01. The second-order valence-electron chi connectivity index (χ2n) is 8.26. The number of sulfonamides is 1. The molecule has 0 unspecified atom stereocenters. The normalized spacial score (nSPS) is 17.5. The van der Waals surface area contributed by atoms with E-state index in [9.17, 15) is 13.2 Å². The van der Waals surface area contributed by atoms with E-state index in [1.807, 2.05) is 13.0 Å². The largest absolute Gasteiger partial charge is 0.351 e. The first-order valence-electron chi connectivity index (χ1n) is 10.5. The van der Waals surface area contributed by atoms with Gasteiger partial charge in [-0.1, -0.05) is 19.1 Å². The number of hydrogen-bond donors (Lipinski definition) is 2. The van der Waals surface area contributed by atoms with Gasteiger partial charge in [0.15, 0.2) is 0 Å². The van der Waals surface area contributed by atoms with Crippen LogP contribution in [0.15, 0.2) is 47.4 Å². The number of benzene rings is 2. The Labute approximate surface area is 179 Å². The quantitative estimate of drug-likeness (QED) is 0.705. The van der Waals surface area contributed by atoms with Crippen LogP contribution in [-0.2, 0) is 10.0 Å². The molecule has 3 rings (SSSR count). The monoisotopic (exact) mass is 429 g/mol. The summed E-state index contributed by atoms with van der Waals surface area (Å²) in [6.07, 6.45) is 2.50. The van der Waals surface area contributed by atoms with Gasteiger partial charge in [0.2, 0.25) is 0 Å². The molecular formula is C23H31N3O3S. The zero-order chi connectivity index (χ0) is 21.7. The fourth-order valence-electron chi connectivity index (χ4n) is 3.82. The highest BCUT2D eigenvalue weighted by Gasteiger charge is 2.18. The average Bonchev–Trinajstić information content (AvgIpc) is 2.70. The molecule has 6 nitrogen and oxygen atoms in total. The van der Waals surface area contributed by atoms with E-state index in [-0.39, 0.29) is 10.8 Å². The van der Waals surface area contributed by atoms with Crippen LogP contribution in [0.3, 0.4) is 0 Å². The molecule has 30 heavy (non-hydrogen) atoms. The van der Waals surface area contributed by atoms with Crippen molar-refractivity contribution in [3.8, 4) is 0 Å². The number of piperidine rings is 1. The lowest BCUT2D eigenvalue weighted by atomic mass is 10.0. The molecule has 2 N–H and O–H groups in total. The molecule has 2 aromatic rings. The molecule has 0 saturated carbocycles. The van der Waals surface area contributed by atoms with E-state index in [4.69, 9.17) is 0 Å². The van der Waals surface area contributed by atoms with Crippen molar-refractivity contribution in [2.75, 3.05) is 30.9 Å². The van der Waals surface area contributed by atoms with Gasteiger partial charge in [-0.05, 0) is 80.6 Å². The van der Waals surface area contributed by atoms with Gasteiger partial charge in [-0.3, -0.25) is 9.52 Å². The first-order chi connectivity index (χ1) is 14.2. The van der Waals surface area contributed by atoms with Crippen LogP contribution in [0.4, 0.5) is 5.69 Å². The molecule has 1 amide bonds. The summed E-state index contributed by atoms with van der Waals surface area (Å²) in [7, 11) is -3.69. The molecule has 7 heteroatoms. The minimum absolute atomic E-state index is 0.149. The number of carbonyl (C=O) groups excluding carboxylic acids is 1. The number of likely N-dealkylation sites (tertiary alicyclic amines) is 1. The number of aryl methyl sites for hydroxylation is 2. The number of rotatable bonds is 7. The van der Waals surface area contributed by atoms with Crippen LogP contribution in [-0.4, -0.2) is 45.4 Å². The Morgan fingerprint density at radius 1 is 1.13 bits per heavy atom. The topological polar surface area (TPSA) is 78.5 Å². The number of anilines is 1. The number of amides is 1. The second-order valence-corrected chi connectivity index (χ2v) is 9.91. The van der Waals surface area contributed by atoms with Crippen LogP contribution in [0.1, 0.15) is 41.3 Å². The van der Waals surface area contributed by atoms with E-state index in [0.717, 1.165) is 31.1 Å². The summed E-state index contributed by atoms with van der Waals surface area (Å²) >= 11 is 0. The zero-order valence-corrected chi connectivity index (χ0v) is 18.8. The van der Waals surface area contributed by atoms with Crippen LogP contribution in [0.25, 0.3) is 0 Å². The maximum atomic E-state index is 12.7. The number of hydrogen-bond acceptors (Lipinski definition) is 4. The van der Waals surface area contributed by atoms with Crippen LogP contribution in [0.2, 0.25) is 0 Å². The van der Waals surface area contributed by atoms with Crippen LogP contribution in [0.5, 0.6) is 0 Å². The Morgan fingerprint density at radius 2 is 1.87 bits per heavy atom. The molecule has 1 atom stereocenters. The van der Waals surface area contributed by atoms with Crippen molar-refractivity contribution in [2.24, 2.45) is 5.92 Å². The minimum Gasteiger partial charge on any atom is -0.351 e. The molecule has 1 saturated heterocycles. The highest BCUT2D eigenvalue weighted by molar-refractivity contribution is 7.92. The summed E-state index contributed by atoms with van der Waals surface area (Å²) in [6, 6.07) is 11.8. The van der Waals surface area contributed by atoms with Crippen molar-refractivity contribution in [2.45, 2.75) is 38.5 Å². The lowest BCUT2D eigenvalue weighted by Gasteiger charge is -2.30. The molecule has 0 bridgehead atoms. The predicted molar refractivity (Wildman–Crippen MR) is 120 cm³/mol. The Kier molecular flexibility index (Phi) is 7.15. The Bertz CT molecular complexity index is 987. The molecule has 1 aliphatic rings. The first-order valence-corrected chi connectivity index (χ1v) is 11.9. The van der Waals surface area contributed by atoms with E-state index in [0.29, 0.717) is 23.4 Å². The molecule has 1 aliphatic heterocycles.